The number of hydrogen-bond donors (Lipinski definition) is 0. The molecule has 0 atom stereocenters. The van der Waals surface area contributed by atoms with E-state index < -0.39 is 0 Å². The quantitative estimate of drug-likeness (QED) is 0.519. The fourth-order valence-electron chi connectivity index (χ4n) is 0. The lowest BCUT2D eigenvalue weighted by Gasteiger charge is -1.76. The first-order chi connectivity index (χ1) is 4.18. The van der Waals surface area contributed by atoms with Crippen molar-refractivity contribution in [2.24, 2.45) is 0 Å². The van der Waals surface area contributed by atoms with E-state index in [0.717, 1.165) is 12.2 Å². The zero-order chi connectivity index (χ0) is 7.70. The topological polar surface area (TPSA) is 9.23 Å². The summed E-state index contributed by atoms with van der Waals surface area (Å²) in [4.78, 5) is 0. The first-order valence-electron chi connectivity index (χ1n) is 2.95. The van der Waals surface area contributed by atoms with Crippen molar-refractivity contribution in [3.63, 3.8) is 0 Å². The van der Waals surface area contributed by atoms with Gasteiger partial charge < -0.3 is 4.74 Å². The molecule has 1 nitrogen and oxygen atoms in total. The molecule has 0 spiro atoms. The monoisotopic (exact) mass is 128 g/mol. The van der Waals surface area contributed by atoms with E-state index in [9.17, 15) is 0 Å². The Balaban J connectivity index is 0. The van der Waals surface area contributed by atoms with Crippen molar-refractivity contribution in [3.05, 3.63) is 24.8 Å². The standard InChI is InChI=1S/C5H8.C3H8O/c1-4-5(2)3;1-3-4-2/h4H,1-2H2,3H3;3H2,1-2H3. The SMILES string of the molecule is C=CC(=C)C.CCOC. The third kappa shape index (κ3) is 37.0. The predicted molar refractivity (Wildman–Crippen MR) is 42.6 cm³/mol. The Kier molecular flexibility index (Phi) is 13.1. The maximum absolute atomic E-state index is 4.54. The molecular weight excluding hydrogens is 112 g/mol. The van der Waals surface area contributed by atoms with E-state index in [-0.39, 0.29) is 0 Å². The van der Waals surface area contributed by atoms with E-state index in [1.165, 1.54) is 0 Å². The van der Waals surface area contributed by atoms with Crippen LogP contribution in [0, 0.1) is 0 Å². The molecule has 0 fully saturated rings. The largest absolute Gasteiger partial charge is 0.385 e. The van der Waals surface area contributed by atoms with Gasteiger partial charge in [-0.2, -0.15) is 0 Å². The lowest BCUT2D eigenvalue weighted by atomic mass is 10.4. The summed E-state index contributed by atoms with van der Waals surface area (Å²) >= 11 is 0. The molecule has 0 aromatic carbocycles. The smallest absolute Gasteiger partial charge is 0.0433 e. The van der Waals surface area contributed by atoms with Crippen LogP contribution in [0.3, 0.4) is 0 Å². The molecule has 9 heavy (non-hydrogen) atoms. The molecule has 0 aliphatic rings. The Labute approximate surface area is 58.0 Å². The first kappa shape index (κ1) is 11.3. The summed E-state index contributed by atoms with van der Waals surface area (Å²) in [5, 5.41) is 0. The van der Waals surface area contributed by atoms with Gasteiger partial charge in [0.1, 0.15) is 0 Å². The van der Waals surface area contributed by atoms with Crippen LogP contribution in [0.15, 0.2) is 24.8 Å². The maximum atomic E-state index is 4.54. The molecule has 0 saturated heterocycles. The molecule has 54 valence electrons. The van der Waals surface area contributed by atoms with Gasteiger partial charge in [0.05, 0.1) is 0 Å². The van der Waals surface area contributed by atoms with Gasteiger partial charge in [0.15, 0.2) is 0 Å². The molecule has 0 bridgehead atoms. The molecule has 0 aromatic rings. The Hall–Kier alpha value is -0.560. The van der Waals surface area contributed by atoms with Crippen LogP contribution in [-0.2, 0) is 4.74 Å². The Morgan fingerprint density at radius 3 is 1.89 bits per heavy atom. The molecule has 0 amide bonds. The molecule has 0 aliphatic carbocycles. The van der Waals surface area contributed by atoms with E-state index in [1.54, 1.807) is 13.2 Å². The summed E-state index contributed by atoms with van der Waals surface area (Å²) in [6.07, 6.45) is 1.72. The molecule has 0 N–H and O–H groups in total. The molecule has 0 unspecified atom stereocenters. The minimum absolute atomic E-state index is 0.819. The summed E-state index contributed by atoms with van der Waals surface area (Å²) in [7, 11) is 1.68. The van der Waals surface area contributed by atoms with Crippen LogP contribution in [0.2, 0.25) is 0 Å². The molecule has 0 radical (unpaired) electrons. The second kappa shape index (κ2) is 10.4. The van der Waals surface area contributed by atoms with Gasteiger partial charge in [-0.25, -0.2) is 0 Å². The molecule has 0 aliphatic heterocycles. The van der Waals surface area contributed by atoms with Gasteiger partial charge in [-0.05, 0) is 13.8 Å². The zero-order valence-corrected chi connectivity index (χ0v) is 6.61. The van der Waals surface area contributed by atoms with Crippen LogP contribution < -0.4 is 0 Å². The van der Waals surface area contributed by atoms with E-state index in [4.69, 9.17) is 0 Å². The third-order valence-corrected chi connectivity index (χ3v) is 0.637. The molecule has 0 aromatic heterocycles. The highest BCUT2D eigenvalue weighted by Gasteiger charge is 1.59. The van der Waals surface area contributed by atoms with Crippen LogP contribution >= 0.6 is 0 Å². The van der Waals surface area contributed by atoms with Crippen LogP contribution in [0.5, 0.6) is 0 Å². The van der Waals surface area contributed by atoms with Crippen molar-refractivity contribution in [3.8, 4) is 0 Å². The van der Waals surface area contributed by atoms with Crippen molar-refractivity contribution >= 4 is 0 Å². The van der Waals surface area contributed by atoms with Gasteiger partial charge >= 0.3 is 0 Å². The molecule has 0 saturated carbocycles. The van der Waals surface area contributed by atoms with Crippen molar-refractivity contribution in [1.82, 2.24) is 0 Å². The number of methoxy groups -OCH3 is 1. The molecule has 1 heteroatoms. The van der Waals surface area contributed by atoms with E-state index in [2.05, 4.69) is 17.9 Å². The third-order valence-electron chi connectivity index (χ3n) is 0.637. The molecule has 0 rings (SSSR count). The summed E-state index contributed by atoms with van der Waals surface area (Å²) in [5.74, 6) is 0. The van der Waals surface area contributed by atoms with E-state index in [1.807, 2.05) is 13.8 Å². The Morgan fingerprint density at radius 2 is 1.89 bits per heavy atom. The van der Waals surface area contributed by atoms with Gasteiger partial charge in [0, 0.05) is 13.7 Å². The molecule has 0 heterocycles. The average Bonchev–Trinajstić information content (AvgIpc) is 1.89. The van der Waals surface area contributed by atoms with Crippen molar-refractivity contribution in [2.45, 2.75) is 13.8 Å². The predicted octanol–water partition coefficient (Wildman–Crippen LogP) is 2.40. The Bertz CT molecular complexity index is 72.6. The summed E-state index contributed by atoms with van der Waals surface area (Å²) < 4.78 is 4.54. The summed E-state index contributed by atoms with van der Waals surface area (Å²) in [5.41, 5.74) is 1.02. The highest BCUT2D eigenvalue weighted by atomic mass is 16.5. The lowest BCUT2D eigenvalue weighted by molar-refractivity contribution is 0.215. The fraction of sp³-hybridized carbons (Fsp3) is 0.500. The van der Waals surface area contributed by atoms with Gasteiger partial charge in [0.25, 0.3) is 0 Å². The highest BCUT2D eigenvalue weighted by Crippen LogP contribution is 1.81. The van der Waals surface area contributed by atoms with Crippen LogP contribution in [0.1, 0.15) is 13.8 Å². The lowest BCUT2D eigenvalue weighted by Crippen LogP contribution is -1.73. The molecular formula is C8H16O. The minimum atomic E-state index is 0.819. The maximum Gasteiger partial charge on any atom is 0.0433 e. The van der Waals surface area contributed by atoms with Gasteiger partial charge in [-0.1, -0.05) is 24.8 Å². The van der Waals surface area contributed by atoms with Gasteiger partial charge in [0.2, 0.25) is 0 Å². The van der Waals surface area contributed by atoms with Crippen LogP contribution in [0.25, 0.3) is 0 Å². The second-order valence-electron chi connectivity index (χ2n) is 1.63. The Morgan fingerprint density at radius 1 is 1.67 bits per heavy atom. The van der Waals surface area contributed by atoms with E-state index >= 15 is 0 Å². The fourth-order valence-corrected chi connectivity index (χ4v) is 0. The number of ether oxygens (including phenoxy) is 1. The number of rotatable bonds is 2. The van der Waals surface area contributed by atoms with Crippen molar-refractivity contribution in [2.75, 3.05) is 13.7 Å². The van der Waals surface area contributed by atoms with Gasteiger partial charge in [-0.15, -0.1) is 0 Å². The first-order valence-corrected chi connectivity index (χ1v) is 2.95. The van der Waals surface area contributed by atoms with Crippen LogP contribution in [-0.4, -0.2) is 13.7 Å². The van der Waals surface area contributed by atoms with Crippen molar-refractivity contribution in [1.29, 1.82) is 0 Å². The van der Waals surface area contributed by atoms with Crippen molar-refractivity contribution < 1.29 is 4.74 Å². The number of hydrogen-bond acceptors (Lipinski definition) is 1. The average molecular weight is 128 g/mol. The zero-order valence-electron chi connectivity index (χ0n) is 6.61. The summed E-state index contributed by atoms with van der Waals surface area (Å²) in [6.45, 7) is 11.7. The minimum Gasteiger partial charge on any atom is -0.385 e. The summed E-state index contributed by atoms with van der Waals surface area (Å²) in [6, 6.07) is 0. The van der Waals surface area contributed by atoms with E-state index in [0.29, 0.717) is 0 Å². The van der Waals surface area contributed by atoms with Crippen LogP contribution in [0.4, 0.5) is 0 Å². The normalized spacial score (nSPS) is 7.00. The number of allylic oxidation sites excluding steroid dienone is 2. The highest BCUT2D eigenvalue weighted by molar-refractivity contribution is 5.05. The second-order valence-corrected chi connectivity index (χ2v) is 1.63. The van der Waals surface area contributed by atoms with Gasteiger partial charge in [-0.3, -0.25) is 0 Å².